The molecule has 7 nitrogen and oxygen atoms in total. The minimum Gasteiger partial charge on any atom is -0.396 e. The van der Waals surface area contributed by atoms with Gasteiger partial charge in [-0.05, 0) is 25.8 Å². The summed E-state index contributed by atoms with van der Waals surface area (Å²) >= 11 is 0. The minimum absolute atomic E-state index is 0.129. The maximum Gasteiger partial charge on any atom is 0.221 e. The van der Waals surface area contributed by atoms with Crippen molar-refractivity contribution in [2.75, 3.05) is 26.3 Å². The number of unbranched alkanes of at least 4 members (excludes halogenated alkanes) is 6. The average Bonchev–Trinajstić information content (AvgIpc) is 2.86. The van der Waals surface area contributed by atoms with Gasteiger partial charge in [0.1, 0.15) is 0 Å². The standard InChI is InChI=1S/C19H38N2O5/c1-2-10-20-17(24)13-15-18(25)19(26)16(14-23)21(15)11-8-6-4-3-5-7-9-12-22/h15-16,18-19,22-23,25-26H,2-14H2,1H3,(H,20,24)/t15-,16-,18+,19-/m1/s1. The first-order valence-electron chi connectivity index (χ1n) is 10.2. The summed E-state index contributed by atoms with van der Waals surface area (Å²) in [4.78, 5) is 14.0. The molecule has 0 aliphatic carbocycles. The molecule has 7 heteroatoms. The van der Waals surface area contributed by atoms with Crippen LogP contribution < -0.4 is 5.32 Å². The molecule has 1 heterocycles. The number of nitrogens with one attached hydrogen (secondary N) is 1. The summed E-state index contributed by atoms with van der Waals surface area (Å²) < 4.78 is 0. The second-order valence-electron chi connectivity index (χ2n) is 7.29. The molecule has 1 amide bonds. The van der Waals surface area contributed by atoms with Crippen LogP contribution in [0.4, 0.5) is 0 Å². The molecule has 0 radical (unpaired) electrons. The molecule has 154 valence electrons. The van der Waals surface area contributed by atoms with Crippen LogP contribution in [0.5, 0.6) is 0 Å². The number of carbonyl (C=O) groups is 1. The van der Waals surface area contributed by atoms with Crippen molar-refractivity contribution in [1.82, 2.24) is 10.2 Å². The summed E-state index contributed by atoms with van der Waals surface area (Å²) in [7, 11) is 0. The predicted octanol–water partition coefficient (Wildman–Crippen LogP) is 0.393. The molecule has 1 fully saturated rings. The third-order valence-electron chi connectivity index (χ3n) is 5.22. The Labute approximate surface area is 157 Å². The molecule has 26 heavy (non-hydrogen) atoms. The molecular formula is C19H38N2O5. The van der Waals surface area contributed by atoms with E-state index in [4.69, 9.17) is 5.11 Å². The second kappa shape index (κ2) is 13.4. The molecule has 0 aromatic heterocycles. The fourth-order valence-corrected chi connectivity index (χ4v) is 3.69. The van der Waals surface area contributed by atoms with E-state index < -0.39 is 24.3 Å². The molecule has 0 saturated carbocycles. The van der Waals surface area contributed by atoms with E-state index in [0.717, 1.165) is 51.4 Å². The van der Waals surface area contributed by atoms with Gasteiger partial charge in [-0.3, -0.25) is 9.69 Å². The molecule has 1 saturated heterocycles. The summed E-state index contributed by atoms with van der Waals surface area (Å²) in [6.07, 6.45) is 6.18. The van der Waals surface area contributed by atoms with E-state index in [1.165, 1.54) is 0 Å². The van der Waals surface area contributed by atoms with E-state index in [1.54, 1.807) is 0 Å². The number of aliphatic hydroxyl groups is 4. The molecular weight excluding hydrogens is 336 g/mol. The van der Waals surface area contributed by atoms with Crippen LogP contribution in [0.1, 0.15) is 64.7 Å². The lowest BCUT2D eigenvalue weighted by molar-refractivity contribution is -0.123. The fraction of sp³-hybridized carbons (Fsp3) is 0.947. The van der Waals surface area contributed by atoms with Crippen LogP contribution >= 0.6 is 0 Å². The van der Waals surface area contributed by atoms with Crippen molar-refractivity contribution in [3.63, 3.8) is 0 Å². The molecule has 1 rings (SSSR count). The van der Waals surface area contributed by atoms with E-state index in [9.17, 15) is 20.1 Å². The van der Waals surface area contributed by atoms with Gasteiger partial charge in [0, 0.05) is 25.6 Å². The zero-order valence-corrected chi connectivity index (χ0v) is 16.1. The van der Waals surface area contributed by atoms with Crippen molar-refractivity contribution in [2.24, 2.45) is 0 Å². The van der Waals surface area contributed by atoms with Crippen LogP contribution in [0, 0.1) is 0 Å². The second-order valence-corrected chi connectivity index (χ2v) is 7.29. The first-order chi connectivity index (χ1) is 12.6. The summed E-state index contributed by atoms with van der Waals surface area (Å²) in [6, 6.07) is -0.970. The Morgan fingerprint density at radius 2 is 1.50 bits per heavy atom. The van der Waals surface area contributed by atoms with Gasteiger partial charge in [0.05, 0.1) is 24.9 Å². The molecule has 0 bridgehead atoms. The molecule has 0 spiro atoms. The maximum atomic E-state index is 12.0. The highest BCUT2D eigenvalue weighted by atomic mass is 16.3. The quantitative estimate of drug-likeness (QED) is 0.281. The molecule has 0 aromatic rings. The number of aliphatic hydroxyl groups excluding tert-OH is 4. The summed E-state index contributed by atoms with van der Waals surface area (Å²) in [5.74, 6) is -0.129. The van der Waals surface area contributed by atoms with Gasteiger partial charge in [0.25, 0.3) is 0 Å². The largest absolute Gasteiger partial charge is 0.396 e. The van der Waals surface area contributed by atoms with Crippen molar-refractivity contribution in [1.29, 1.82) is 0 Å². The van der Waals surface area contributed by atoms with E-state index in [0.29, 0.717) is 13.1 Å². The summed E-state index contributed by atoms with van der Waals surface area (Å²) in [5, 5.41) is 41.7. The molecule has 1 aliphatic heterocycles. The highest BCUT2D eigenvalue weighted by Crippen LogP contribution is 2.28. The van der Waals surface area contributed by atoms with Gasteiger partial charge in [0.2, 0.25) is 5.91 Å². The number of likely N-dealkylation sites (tertiary alicyclic amines) is 1. The van der Waals surface area contributed by atoms with Crippen LogP contribution in [-0.4, -0.2) is 81.8 Å². The third kappa shape index (κ3) is 7.48. The molecule has 0 unspecified atom stereocenters. The van der Waals surface area contributed by atoms with Gasteiger partial charge in [0.15, 0.2) is 0 Å². The number of hydrogen-bond acceptors (Lipinski definition) is 6. The van der Waals surface area contributed by atoms with Gasteiger partial charge < -0.3 is 25.7 Å². The van der Waals surface area contributed by atoms with Gasteiger partial charge in [-0.15, -0.1) is 0 Å². The molecule has 4 atom stereocenters. The fourth-order valence-electron chi connectivity index (χ4n) is 3.69. The summed E-state index contributed by atoms with van der Waals surface area (Å²) in [6.45, 7) is 3.26. The van der Waals surface area contributed by atoms with Crippen LogP contribution in [0.25, 0.3) is 0 Å². The van der Waals surface area contributed by atoms with Crippen molar-refractivity contribution in [2.45, 2.75) is 89.0 Å². The normalized spacial score (nSPS) is 26.3. The zero-order valence-electron chi connectivity index (χ0n) is 16.1. The van der Waals surface area contributed by atoms with Crippen LogP contribution in [0.3, 0.4) is 0 Å². The van der Waals surface area contributed by atoms with Crippen molar-refractivity contribution in [3.8, 4) is 0 Å². The van der Waals surface area contributed by atoms with Crippen LogP contribution in [-0.2, 0) is 4.79 Å². The Morgan fingerprint density at radius 3 is 2.08 bits per heavy atom. The van der Waals surface area contributed by atoms with E-state index in [1.807, 2.05) is 11.8 Å². The lowest BCUT2D eigenvalue weighted by atomic mass is 10.1. The number of hydrogen-bond donors (Lipinski definition) is 5. The van der Waals surface area contributed by atoms with Gasteiger partial charge in [-0.25, -0.2) is 0 Å². The topological polar surface area (TPSA) is 113 Å². The Kier molecular flexibility index (Phi) is 12.0. The van der Waals surface area contributed by atoms with Crippen LogP contribution in [0.15, 0.2) is 0 Å². The molecule has 1 aliphatic rings. The monoisotopic (exact) mass is 374 g/mol. The van der Waals surface area contributed by atoms with Crippen molar-refractivity contribution >= 4 is 5.91 Å². The first kappa shape index (κ1) is 23.3. The lowest BCUT2D eigenvalue weighted by Gasteiger charge is -2.29. The van der Waals surface area contributed by atoms with Gasteiger partial charge in [-0.2, -0.15) is 0 Å². The average molecular weight is 375 g/mol. The van der Waals surface area contributed by atoms with E-state index >= 15 is 0 Å². The Balaban J connectivity index is 2.44. The Hall–Kier alpha value is -0.730. The third-order valence-corrected chi connectivity index (χ3v) is 5.22. The maximum absolute atomic E-state index is 12.0. The predicted molar refractivity (Wildman–Crippen MR) is 101 cm³/mol. The van der Waals surface area contributed by atoms with E-state index in [-0.39, 0.29) is 25.5 Å². The van der Waals surface area contributed by atoms with Gasteiger partial charge >= 0.3 is 0 Å². The first-order valence-corrected chi connectivity index (χ1v) is 10.2. The van der Waals surface area contributed by atoms with Crippen LogP contribution in [0.2, 0.25) is 0 Å². The van der Waals surface area contributed by atoms with E-state index in [2.05, 4.69) is 5.32 Å². The Bertz CT molecular complexity index is 383. The highest BCUT2D eigenvalue weighted by molar-refractivity contribution is 5.76. The molecule has 0 aromatic carbocycles. The van der Waals surface area contributed by atoms with Gasteiger partial charge in [-0.1, -0.05) is 39.0 Å². The zero-order chi connectivity index (χ0) is 19.4. The van der Waals surface area contributed by atoms with Crippen molar-refractivity contribution < 1.29 is 25.2 Å². The number of carbonyl (C=O) groups excluding carboxylic acids is 1. The van der Waals surface area contributed by atoms with Crippen molar-refractivity contribution in [3.05, 3.63) is 0 Å². The minimum atomic E-state index is -1.03. The summed E-state index contributed by atoms with van der Waals surface area (Å²) in [5.41, 5.74) is 0. The lowest BCUT2D eigenvalue weighted by Crippen LogP contribution is -2.44. The smallest absolute Gasteiger partial charge is 0.221 e. The Morgan fingerprint density at radius 1 is 0.923 bits per heavy atom. The highest BCUT2D eigenvalue weighted by Gasteiger charge is 2.47. The molecule has 5 N–H and O–H groups in total. The number of amides is 1. The SMILES string of the molecule is CCCNC(=O)C[C@@H]1[C@H](O)[C@H](O)[C@@H](CO)N1CCCCCCCCCO. The number of rotatable bonds is 14. The number of nitrogens with zero attached hydrogens (tertiary/aromatic N) is 1.